The lowest BCUT2D eigenvalue weighted by molar-refractivity contribution is 0.616. The van der Waals surface area contributed by atoms with Crippen LogP contribution in [0.4, 0.5) is 11.8 Å². The Labute approximate surface area is 198 Å². The molecule has 0 aliphatic carbocycles. The van der Waals surface area contributed by atoms with Gasteiger partial charge in [0.05, 0.1) is 23.0 Å². The van der Waals surface area contributed by atoms with E-state index >= 15 is 0 Å². The number of furan rings is 1. The molecule has 0 spiro atoms. The highest BCUT2D eigenvalue weighted by molar-refractivity contribution is 7.22. The number of thiophene rings is 2. The molecule has 0 saturated heterocycles. The minimum Gasteiger partial charge on any atom is -0.464 e. The van der Waals surface area contributed by atoms with Crippen LogP contribution in [0.1, 0.15) is 10.4 Å². The number of anilines is 2. The molecule has 0 fully saturated rings. The molecule has 2 aromatic carbocycles. The van der Waals surface area contributed by atoms with Gasteiger partial charge in [-0.15, -0.1) is 22.7 Å². The highest BCUT2D eigenvalue weighted by atomic mass is 32.1. The number of benzene rings is 2. The van der Waals surface area contributed by atoms with Gasteiger partial charge in [-0.1, -0.05) is 42.5 Å². The van der Waals surface area contributed by atoms with Crippen LogP contribution in [0, 0.1) is 0 Å². The van der Waals surface area contributed by atoms with Crippen LogP contribution in [0.3, 0.4) is 0 Å². The Morgan fingerprint density at radius 2 is 1.79 bits per heavy atom. The van der Waals surface area contributed by atoms with Crippen LogP contribution >= 0.6 is 22.7 Å². The molecule has 0 radical (unpaired) electrons. The second kappa shape index (κ2) is 8.69. The van der Waals surface area contributed by atoms with E-state index in [4.69, 9.17) is 14.4 Å². The van der Waals surface area contributed by atoms with Crippen LogP contribution in [-0.2, 0) is 13.1 Å². The SMILES string of the molecule is c1ccc(-c2cc3nc(NCc4cccs4)nc(NCc4ccc5occc5c4)c3s2)cc1. The van der Waals surface area contributed by atoms with Gasteiger partial charge in [-0.3, -0.25) is 0 Å². The van der Waals surface area contributed by atoms with Gasteiger partial charge in [0.15, 0.2) is 0 Å². The Kier molecular flexibility index (Phi) is 5.26. The van der Waals surface area contributed by atoms with Crippen LogP contribution in [0.25, 0.3) is 31.6 Å². The first-order valence-electron chi connectivity index (χ1n) is 10.6. The smallest absolute Gasteiger partial charge is 0.225 e. The average Bonchev–Trinajstić information content (AvgIpc) is 3.62. The van der Waals surface area contributed by atoms with Crippen LogP contribution in [-0.4, -0.2) is 9.97 Å². The van der Waals surface area contributed by atoms with Gasteiger partial charge in [0.25, 0.3) is 0 Å². The van der Waals surface area contributed by atoms with Crippen molar-refractivity contribution in [1.82, 2.24) is 9.97 Å². The third kappa shape index (κ3) is 4.20. The van der Waals surface area contributed by atoms with Gasteiger partial charge in [-0.05, 0) is 46.8 Å². The standard InChI is InChI=1S/C26H20N4OS2/c1-2-5-18(6-3-1)23-14-21-24(33-23)25(30-26(29-21)28-16-20-7-4-12-32-20)27-15-17-8-9-22-19(13-17)10-11-31-22/h1-14H,15-16H2,(H2,27,28,29,30). The molecule has 0 saturated carbocycles. The van der Waals surface area contributed by atoms with E-state index in [9.17, 15) is 0 Å². The number of fused-ring (bicyclic) bond motifs is 2. The summed E-state index contributed by atoms with van der Waals surface area (Å²) in [6, 6.07) is 24.9. The highest BCUT2D eigenvalue weighted by Gasteiger charge is 2.13. The van der Waals surface area contributed by atoms with E-state index in [-0.39, 0.29) is 0 Å². The van der Waals surface area contributed by atoms with Gasteiger partial charge in [-0.2, -0.15) is 4.98 Å². The van der Waals surface area contributed by atoms with E-state index in [2.05, 4.69) is 70.6 Å². The molecular formula is C26H20N4OS2. The fraction of sp³-hybridized carbons (Fsp3) is 0.0769. The maximum absolute atomic E-state index is 5.46. The van der Waals surface area contributed by atoms with Gasteiger partial charge in [0.1, 0.15) is 11.4 Å². The average molecular weight is 469 g/mol. The Bertz CT molecular complexity index is 1520. The van der Waals surface area contributed by atoms with Crippen molar-refractivity contribution < 1.29 is 4.42 Å². The zero-order valence-electron chi connectivity index (χ0n) is 17.6. The summed E-state index contributed by atoms with van der Waals surface area (Å²) in [5.74, 6) is 1.47. The molecule has 0 bridgehead atoms. The first kappa shape index (κ1) is 20.0. The van der Waals surface area contributed by atoms with Gasteiger partial charge < -0.3 is 15.1 Å². The molecule has 0 atom stereocenters. The molecule has 4 aromatic heterocycles. The quantitative estimate of drug-likeness (QED) is 0.256. The topological polar surface area (TPSA) is 63.0 Å². The first-order chi connectivity index (χ1) is 16.3. The zero-order valence-corrected chi connectivity index (χ0v) is 19.2. The number of nitrogens with zero attached hydrogens (tertiary/aromatic N) is 2. The molecule has 6 rings (SSSR count). The van der Waals surface area contributed by atoms with Crippen molar-refractivity contribution in [3.05, 3.63) is 94.9 Å². The van der Waals surface area contributed by atoms with Crippen molar-refractivity contribution in [1.29, 1.82) is 0 Å². The molecule has 4 heterocycles. The van der Waals surface area contributed by atoms with Crippen molar-refractivity contribution in [2.75, 3.05) is 10.6 Å². The van der Waals surface area contributed by atoms with Crippen molar-refractivity contribution >= 4 is 55.6 Å². The molecule has 0 unspecified atom stereocenters. The summed E-state index contributed by atoms with van der Waals surface area (Å²) >= 11 is 3.43. The summed E-state index contributed by atoms with van der Waals surface area (Å²) in [7, 11) is 0. The Morgan fingerprint density at radius 1 is 0.848 bits per heavy atom. The molecule has 33 heavy (non-hydrogen) atoms. The third-order valence-corrected chi connectivity index (χ3v) is 7.46. The number of aromatic nitrogens is 2. The van der Waals surface area contributed by atoms with E-state index in [1.165, 1.54) is 20.9 Å². The fourth-order valence-corrected chi connectivity index (χ4v) is 5.48. The summed E-state index contributed by atoms with van der Waals surface area (Å²) in [6.45, 7) is 1.37. The molecule has 7 heteroatoms. The van der Waals surface area contributed by atoms with Gasteiger partial charge in [0.2, 0.25) is 5.95 Å². The summed E-state index contributed by atoms with van der Waals surface area (Å²) in [6.07, 6.45) is 1.72. The van der Waals surface area contributed by atoms with Gasteiger partial charge in [-0.25, -0.2) is 4.98 Å². The number of hydrogen-bond acceptors (Lipinski definition) is 7. The maximum atomic E-state index is 5.46. The van der Waals surface area contributed by atoms with Crippen LogP contribution in [0.2, 0.25) is 0 Å². The first-order valence-corrected chi connectivity index (χ1v) is 12.3. The van der Waals surface area contributed by atoms with Gasteiger partial charge >= 0.3 is 0 Å². The van der Waals surface area contributed by atoms with Crippen LogP contribution in [0.15, 0.2) is 88.9 Å². The van der Waals surface area contributed by atoms with Crippen molar-refractivity contribution in [2.45, 2.75) is 13.1 Å². The largest absolute Gasteiger partial charge is 0.464 e. The third-order valence-electron chi connectivity index (χ3n) is 5.41. The van der Waals surface area contributed by atoms with Crippen LogP contribution < -0.4 is 10.6 Å². The molecule has 2 N–H and O–H groups in total. The van der Waals surface area contributed by atoms with Gasteiger partial charge in [0, 0.05) is 21.7 Å². The number of nitrogens with one attached hydrogen (secondary N) is 2. The molecular weight excluding hydrogens is 448 g/mol. The minimum atomic E-state index is 0.626. The predicted molar refractivity (Wildman–Crippen MR) is 138 cm³/mol. The lowest BCUT2D eigenvalue weighted by atomic mass is 10.1. The lowest BCUT2D eigenvalue weighted by Gasteiger charge is -2.10. The maximum Gasteiger partial charge on any atom is 0.225 e. The number of hydrogen-bond donors (Lipinski definition) is 2. The van der Waals surface area contributed by atoms with Crippen molar-refractivity contribution in [2.24, 2.45) is 0 Å². The lowest BCUT2D eigenvalue weighted by Crippen LogP contribution is -2.06. The van der Waals surface area contributed by atoms with Crippen molar-refractivity contribution in [3.8, 4) is 10.4 Å². The summed E-state index contributed by atoms with van der Waals surface area (Å²) in [4.78, 5) is 12.1. The van der Waals surface area contributed by atoms with E-state index in [0.29, 0.717) is 19.0 Å². The van der Waals surface area contributed by atoms with E-state index < -0.39 is 0 Å². The van der Waals surface area contributed by atoms with Crippen molar-refractivity contribution in [3.63, 3.8) is 0 Å². The molecule has 0 amide bonds. The minimum absolute atomic E-state index is 0.626. The van der Waals surface area contributed by atoms with E-state index in [1.54, 1.807) is 28.9 Å². The monoisotopic (exact) mass is 468 g/mol. The van der Waals surface area contributed by atoms with E-state index in [1.807, 2.05) is 18.2 Å². The van der Waals surface area contributed by atoms with E-state index in [0.717, 1.165) is 27.0 Å². The molecule has 0 aliphatic rings. The summed E-state index contributed by atoms with van der Waals surface area (Å²) < 4.78 is 6.52. The zero-order chi connectivity index (χ0) is 22.0. The normalized spacial score (nSPS) is 11.3. The Balaban J connectivity index is 1.34. The molecule has 162 valence electrons. The summed E-state index contributed by atoms with van der Waals surface area (Å²) in [5.41, 5.74) is 4.19. The number of rotatable bonds is 7. The predicted octanol–water partition coefficient (Wildman–Crippen LogP) is 7.39. The molecule has 6 aromatic rings. The Morgan fingerprint density at radius 3 is 2.67 bits per heavy atom. The fourth-order valence-electron chi connectivity index (χ4n) is 3.76. The second-order valence-electron chi connectivity index (χ2n) is 7.67. The summed E-state index contributed by atoms with van der Waals surface area (Å²) in [5, 5.41) is 10.1. The molecule has 0 aliphatic heterocycles. The molecule has 5 nitrogen and oxygen atoms in total. The Hall–Kier alpha value is -3.68. The highest BCUT2D eigenvalue weighted by Crippen LogP contribution is 2.37. The second-order valence-corrected chi connectivity index (χ2v) is 9.75. The van der Waals surface area contributed by atoms with Crippen LogP contribution in [0.5, 0.6) is 0 Å².